The molecule has 0 aromatic carbocycles. The molecule has 21 heavy (non-hydrogen) atoms. The molecule has 0 saturated heterocycles. The van der Waals surface area contributed by atoms with E-state index in [0.717, 1.165) is 56.3 Å². The Balaban J connectivity index is 2.11. The molecule has 114 valence electrons. The van der Waals surface area contributed by atoms with E-state index in [0.29, 0.717) is 17.3 Å². The number of aliphatic hydroxyl groups is 1. The van der Waals surface area contributed by atoms with Crippen LogP contribution in [-0.4, -0.2) is 28.0 Å². The third-order valence-electron chi connectivity index (χ3n) is 4.27. The molecule has 2 N–H and O–H groups in total. The average Bonchev–Trinajstić information content (AvgIpc) is 2.51. The number of nitrogens with zero attached hydrogens (tertiary/aromatic N) is 3. The quantitative estimate of drug-likeness (QED) is 0.869. The Labute approximate surface area is 126 Å². The van der Waals surface area contributed by atoms with Gasteiger partial charge in [0.05, 0.1) is 11.8 Å². The maximum absolute atomic E-state index is 9.72. The second kappa shape index (κ2) is 7.37. The molecule has 1 fully saturated rings. The molecular weight excluding hydrogens is 264 g/mol. The fourth-order valence-corrected chi connectivity index (χ4v) is 3.11. The van der Waals surface area contributed by atoms with Gasteiger partial charge in [0.1, 0.15) is 11.6 Å². The molecule has 0 aliphatic heterocycles. The van der Waals surface area contributed by atoms with Crippen LogP contribution in [0, 0.1) is 17.2 Å². The van der Waals surface area contributed by atoms with Crippen LogP contribution >= 0.6 is 0 Å². The molecule has 0 radical (unpaired) electrons. The van der Waals surface area contributed by atoms with Gasteiger partial charge < -0.3 is 10.4 Å². The summed E-state index contributed by atoms with van der Waals surface area (Å²) in [6.07, 6.45) is 5.33. The molecule has 0 amide bonds. The van der Waals surface area contributed by atoms with E-state index in [9.17, 15) is 10.4 Å². The van der Waals surface area contributed by atoms with Crippen molar-refractivity contribution in [3.8, 4) is 6.07 Å². The first-order valence-electron chi connectivity index (χ1n) is 7.90. The van der Waals surface area contributed by atoms with E-state index in [2.05, 4.69) is 21.6 Å². The highest BCUT2D eigenvalue weighted by molar-refractivity contribution is 5.56. The van der Waals surface area contributed by atoms with Crippen molar-refractivity contribution < 1.29 is 5.11 Å². The minimum absolute atomic E-state index is 0.180. The van der Waals surface area contributed by atoms with Crippen LogP contribution in [0.2, 0.25) is 0 Å². The largest absolute Gasteiger partial charge is 0.393 e. The van der Waals surface area contributed by atoms with Crippen molar-refractivity contribution in [2.45, 2.75) is 58.5 Å². The van der Waals surface area contributed by atoms with Gasteiger partial charge in [0.15, 0.2) is 5.82 Å². The summed E-state index contributed by atoms with van der Waals surface area (Å²) in [7, 11) is 0. The van der Waals surface area contributed by atoms with Gasteiger partial charge in [0.2, 0.25) is 0 Å². The predicted octanol–water partition coefficient (Wildman–Crippen LogP) is 2.44. The smallest absolute Gasteiger partial charge is 0.166 e. The molecule has 1 aliphatic rings. The molecule has 1 aromatic heterocycles. The molecule has 1 aliphatic carbocycles. The van der Waals surface area contributed by atoms with Gasteiger partial charge in [-0.1, -0.05) is 20.3 Å². The van der Waals surface area contributed by atoms with Crippen LogP contribution in [0.1, 0.15) is 56.4 Å². The van der Waals surface area contributed by atoms with Gasteiger partial charge in [-0.2, -0.15) is 10.4 Å². The molecule has 2 unspecified atom stereocenters. The maximum Gasteiger partial charge on any atom is 0.166 e. The highest BCUT2D eigenvalue weighted by Crippen LogP contribution is 2.25. The Morgan fingerprint density at radius 3 is 2.71 bits per heavy atom. The minimum Gasteiger partial charge on any atom is -0.393 e. The monoisotopic (exact) mass is 288 g/mol. The summed E-state index contributed by atoms with van der Waals surface area (Å²) >= 11 is 0. The summed E-state index contributed by atoms with van der Waals surface area (Å²) in [5.41, 5.74) is 2.54. The van der Waals surface area contributed by atoms with Crippen molar-refractivity contribution in [2.24, 2.45) is 5.92 Å². The molecule has 0 bridgehead atoms. The van der Waals surface area contributed by atoms with Gasteiger partial charge in [-0.25, -0.2) is 0 Å². The molecule has 1 saturated carbocycles. The molecule has 0 spiro atoms. The zero-order chi connectivity index (χ0) is 15.2. The number of hydrogen-bond acceptors (Lipinski definition) is 5. The lowest BCUT2D eigenvalue weighted by molar-refractivity contribution is 0.104. The van der Waals surface area contributed by atoms with Crippen LogP contribution in [-0.2, 0) is 12.8 Å². The lowest BCUT2D eigenvalue weighted by Gasteiger charge is -2.26. The van der Waals surface area contributed by atoms with Crippen molar-refractivity contribution in [3.05, 3.63) is 16.8 Å². The third kappa shape index (κ3) is 3.70. The first-order chi connectivity index (χ1) is 10.2. The molecule has 5 heteroatoms. The second-order valence-corrected chi connectivity index (χ2v) is 5.74. The first-order valence-corrected chi connectivity index (χ1v) is 7.90. The topological polar surface area (TPSA) is 81.8 Å². The maximum atomic E-state index is 9.72. The normalized spacial score (nSPS) is 21.8. The summed E-state index contributed by atoms with van der Waals surface area (Å²) in [6, 6.07) is 2.27. The van der Waals surface area contributed by atoms with E-state index < -0.39 is 0 Å². The summed E-state index contributed by atoms with van der Waals surface area (Å²) in [4.78, 5) is 0. The number of anilines is 1. The van der Waals surface area contributed by atoms with E-state index >= 15 is 0 Å². The Bertz CT molecular complexity index is 524. The van der Waals surface area contributed by atoms with Gasteiger partial charge in [-0.15, -0.1) is 5.10 Å². The Kier molecular flexibility index (Phi) is 5.51. The zero-order valence-electron chi connectivity index (χ0n) is 12.9. The number of hydrogen-bond donors (Lipinski definition) is 2. The fourth-order valence-electron chi connectivity index (χ4n) is 3.11. The Hall–Kier alpha value is -1.67. The highest BCUT2D eigenvalue weighted by Gasteiger charge is 2.21. The van der Waals surface area contributed by atoms with Crippen LogP contribution < -0.4 is 5.32 Å². The van der Waals surface area contributed by atoms with E-state index in [1.54, 1.807) is 0 Å². The molecular formula is C16H24N4O. The van der Waals surface area contributed by atoms with E-state index in [-0.39, 0.29) is 6.10 Å². The van der Waals surface area contributed by atoms with Crippen molar-refractivity contribution in [2.75, 3.05) is 11.9 Å². The molecule has 5 nitrogen and oxygen atoms in total. The van der Waals surface area contributed by atoms with Gasteiger partial charge in [0, 0.05) is 6.54 Å². The number of nitrogens with one attached hydrogen (secondary N) is 1. The molecule has 1 aromatic rings. The van der Waals surface area contributed by atoms with Crippen molar-refractivity contribution >= 4 is 5.82 Å². The molecule has 1 heterocycles. The van der Waals surface area contributed by atoms with Crippen molar-refractivity contribution in [1.29, 1.82) is 5.26 Å². The van der Waals surface area contributed by atoms with Crippen LogP contribution in [0.4, 0.5) is 5.82 Å². The Morgan fingerprint density at radius 1 is 1.29 bits per heavy atom. The van der Waals surface area contributed by atoms with Crippen LogP contribution in [0.15, 0.2) is 0 Å². The fraction of sp³-hybridized carbons (Fsp3) is 0.688. The summed E-state index contributed by atoms with van der Waals surface area (Å²) in [6.45, 7) is 4.81. The second-order valence-electron chi connectivity index (χ2n) is 5.74. The number of nitriles is 1. The third-order valence-corrected chi connectivity index (χ3v) is 4.27. The molecule has 2 atom stereocenters. The highest BCUT2D eigenvalue weighted by atomic mass is 16.3. The van der Waals surface area contributed by atoms with E-state index in [4.69, 9.17) is 0 Å². The van der Waals surface area contributed by atoms with E-state index in [1.165, 1.54) is 0 Å². The summed E-state index contributed by atoms with van der Waals surface area (Å²) in [5, 5.41) is 30.9. The standard InChI is InChI=1S/C16H24N4O/c1-3-13-14(9-17)16(20-19-15(13)4-2)18-10-11-6-5-7-12(21)8-11/h11-12,21H,3-8,10H2,1-2H3,(H,18,20). The van der Waals surface area contributed by atoms with Crippen molar-refractivity contribution in [1.82, 2.24) is 10.2 Å². The lowest BCUT2D eigenvalue weighted by atomic mass is 9.87. The number of aryl methyl sites for hydroxylation is 1. The SMILES string of the molecule is CCc1nnc(NCC2CCCC(O)C2)c(C#N)c1CC. The van der Waals surface area contributed by atoms with Crippen LogP contribution in [0.3, 0.4) is 0 Å². The first kappa shape index (κ1) is 15.7. The van der Waals surface area contributed by atoms with Crippen molar-refractivity contribution in [3.63, 3.8) is 0 Å². The van der Waals surface area contributed by atoms with Crippen LogP contribution in [0.25, 0.3) is 0 Å². The average molecular weight is 288 g/mol. The van der Waals surface area contributed by atoms with E-state index in [1.807, 2.05) is 13.8 Å². The summed E-state index contributed by atoms with van der Waals surface area (Å²) in [5.74, 6) is 1.03. The number of aromatic nitrogens is 2. The zero-order valence-corrected chi connectivity index (χ0v) is 12.9. The predicted molar refractivity (Wildman–Crippen MR) is 82.0 cm³/mol. The van der Waals surface area contributed by atoms with Gasteiger partial charge in [-0.3, -0.25) is 0 Å². The van der Waals surface area contributed by atoms with Crippen LogP contribution in [0.5, 0.6) is 0 Å². The van der Waals surface area contributed by atoms with Gasteiger partial charge in [0.25, 0.3) is 0 Å². The lowest BCUT2D eigenvalue weighted by Crippen LogP contribution is -2.25. The minimum atomic E-state index is -0.180. The number of aliphatic hydroxyl groups excluding tert-OH is 1. The van der Waals surface area contributed by atoms with Gasteiger partial charge in [-0.05, 0) is 43.6 Å². The molecule has 2 rings (SSSR count). The summed E-state index contributed by atoms with van der Waals surface area (Å²) < 4.78 is 0. The number of rotatable bonds is 5. The Morgan fingerprint density at radius 2 is 2.10 bits per heavy atom. The van der Waals surface area contributed by atoms with Gasteiger partial charge >= 0.3 is 0 Å².